The molecule has 1 aliphatic rings. The Kier molecular flexibility index (Phi) is 4.11. The molecule has 2 rings (SSSR count). The van der Waals surface area contributed by atoms with E-state index in [0.717, 1.165) is 18.6 Å². The van der Waals surface area contributed by atoms with Gasteiger partial charge in [-0.3, -0.25) is 4.79 Å². The molecule has 1 fully saturated rings. The predicted molar refractivity (Wildman–Crippen MR) is 70.3 cm³/mol. The summed E-state index contributed by atoms with van der Waals surface area (Å²) in [6.45, 7) is -0.213. The number of carbonyl (C=O) groups is 1. The summed E-state index contributed by atoms with van der Waals surface area (Å²) in [6.07, 6.45) is -2.36. The van der Waals surface area contributed by atoms with E-state index in [4.69, 9.17) is 0 Å². The standard InChI is InChI=1S/C13H13BrF3NO2/c14-10-3-2-8(13(15,16)17)6-9(10)11(20)18-12(7-19)4-1-5-12/h2-3,6,19H,1,4-5,7H2,(H,18,20). The zero-order valence-electron chi connectivity index (χ0n) is 10.4. The molecular formula is C13H13BrF3NO2. The van der Waals surface area contributed by atoms with Gasteiger partial charge in [0, 0.05) is 4.47 Å². The highest BCUT2D eigenvalue weighted by Gasteiger charge is 2.38. The number of aliphatic hydroxyl groups is 1. The van der Waals surface area contributed by atoms with E-state index in [0.29, 0.717) is 12.8 Å². The third kappa shape index (κ3) is 2.98. The van der Waals surface area contributed by atoms with E-state index in [1.165, 1.54) is 6.07 Å². The highest BCUT2D eigenvalue weighted by Crippen LogP contribution is 2.34. The van der Waals surface area contributed by atoms with Crippen molar-refractivity contribution in [2.75, 3.05) is 6.61 Å². The Morgan fingerprint density at radius 1 is 1.40 bits per heavy atom. The van der Waals surface area contributed by atoms with Gasteiger partial charge in [0.05, 0.1) is 23.3 Å². The number of hydrogen-bond donors (Lipinski definition) is 2. The first-order valence-corrected chi connectivity index (χ1v) is 6.87. The van der Waals surface area contributed by atoms with Crippen molar-refractivity contribution >= 4 is 21.8 Å². The molecule has 0 atom stereocenters. The van der Waals surface area contributed by atoms with Gasteiger partial charge in [-0.25, -0.2) is 0 Å². The Morgan fingerprint density at radius 2 is 2.05 bits per heavy atom. The third-order valence-electron chi connectivity index (χ3n) is 3.53. The summed E-state index contributed by atoms with van der Waals surface area (Å²) in [5.41, 5.74) is -1.65. The van der Waals surface area contributed by atoms with Crippen molar-refractivity contribution in [1.82, 2.24) is 5.32 Å². The minimum absolute atomic E-state index is 0.0837. The lowest BCUT2D eigenvalue weighted by molar-refractivity contribution is -0.137. The van der Waals surface area contributed by atoms with Crippen LogP contribution < -0.4 is 5.32 Å². The van der Waals surface area contributed by atoms with Crippen LogP contribution in [-0.4, -0.2) is 23.2 Å². The number of aliphatic hydroxyl groups excluding tert-OH is 1. The van der Waals surface area contributed by atoms with Gasteiger partial charge in [-0.15, -0.1) is 0 Å². The molecule has 0 bridgehead atoms. The molecular weight excluding hydrogens is 339 g/mol. The van der Waals surface area contributed by atoms with E-state index in [1.807, 2.05) is 0 Å². The molecule has 3 nitrogen and oxygen atoms in total. The maximum absolute atomic E-state index is 12.7. The van der Waals surface area contributed by atoms with Crippen molar-refractivity contribution in [1.29, 1.82) is 0 Å². The maximum atomic E-state index is 12.7. The fraction of sp³-hybridized carbons (Fsp3) is 0.462. The van der Waals surface area contributed by atoms with Crippen LogP contribution >= 0.6 is 15.9 Å². The van der Waals surface area contributed by atoms with E-state index in [2.05, 4.69) is 21.2 Å². The van der Waals surface area contributed by atoms with Gasteiger partial charge in [0.25, 0.3) is 5.91 Å². The highest BCUT2D eigenvalue weighted by atomic mass is 79.9. The number of amides is 1. The zero-order chi connectivity index (χ0) is 15.0. The van der Waals surface area contributed by atoms with Crippen molar-refractivity contribution in [2.45, 2.75) is 31.0 Å². The summed E-state index contributed by atoms with van der Waals surface area (Å²) in [5.74, 6) is -0.614. The average Bonchev–Trinajstić information content (AvgIpc) is 2.32. The molecule has 20 heavy (non-hydrogen) atoms. The number of carbonyl (C=O) groups excluding carboxylic acids is 1. The minimum Gasteiger partial charge on any atom is -0.394 e. The second kappa shape index (κ2) is 5.37. The molecule has 7 heteroatoms. The van der Waals surface area contributed by atoms with E-state index in [-0.39, 0.29) is 16.6 Å². The fourth-order valence-electron chi connectivity index (χ4n) is 2.11. The van der Waals surface area contributed by atoms with Gasteiger partial charge in [0.1, 0.15) is 0 Å². The molecule has 0 saturated heterocycles. The van der Waals surface area contributed by atoms with Crippen molar-refractivity contribution in [3.8, 4) is 0 Å². The van der Waals surface area contributed by atoms with Crippen LogP contribution in [0.2, 0.25) is 0 Å². The normalized spacial score (nSPS) is 17.4. The van der Waals surface area contributed by atoms with Gasteiger partial charge in [0.15, 0.2) is 0 Å². The number of rotatable bonds is 3. The molecule has 0 aromatic heterocycles. The Labute approximate surface area is 122 Å². The van der Waals surface area contributed by atoms with E-state index in [9.17, 15) is 23.1 Å². The third-order valence-corrected chi connectivity index (χ3v) is 4.22. The van der Waals surface area contributed by atoms with E-state index < -0.39 is 23.2 Å². The fourth-order valence-corrected chi connectivity index (χ4v) is 2.54. The predicted octanol–water partition coefficient (Wildman–Crippen LogP) is 3.11. The van der Waals surface area contributed by atoms with E-state index in [1.54, 1.807) is 0 Å². The van der Waals surface area contributed by atoms with Crippen LogP contribution in [0.4, 0.5) is 13.2 Å². The maximum Gasteiger partial charge on any atom is 0.416 e. The first kappa shape index (κ1) is 15.3. The number of hydrogen-bond acceptors (Lipinski definition) is 2. The van der Waals surface area contributed by atoms with Gasteiger partial charge in [-0.2, -0.15) is 13.2 Å². The van der Waals surface area contributed by atoms with Crippen LogP contribution in [0.25, 0.3) is 0 Å². The lowest BCUT2D eigenvalue weighted by Crippen LogP contribution is -2.56. The van der Waals surface area contributed by atoms with Crippen molar-refractivity contribution in [2.24, 2.45) is 0 Å². The highest BCUT2D eigenvalue weighted by molar-refractivity contribution is 9.10. The Morgan fingerprint density at radius 3 is 2.50 bits per heavy atom. The summed E-state index contributed by atoms with van der Waals surface area (Å²) in [6, 6.07) is 2.92. The van der Waals surface area contributed by atoms with Crippen molar-refractivity contribution in [3.05, 3.63) is 33.8 Å². The molecule has 0 heterocycles. The molecule has 0 aliphatic heterocycles. The van der Waals surface area contributed by atoms with Gasteiger partial charge < -0.3 is 10.4 Å². The van der Waals surface area contributed by atoms with Gasteiger partial charge in [-0.05, 0) is 53.4 Å². The van der Waals surface area contributed by atoms with Crippen LogP contribution in [0.1, 0.15) is 35.2 Å². The van der Waals surface area contributed by atoms with Crippen LogP contribution in [0, 0.1) is 0 Å². The van der Waals surface area contributed by atoms with Crippen molar-refractivity contribution < 1.29 is 23.1 Å². The number of halogens is 4. The average molecular weight is 352 g/mol. The lowest BCUT2D eigenvalue weighted by Gasteiger charge is -2.41. The summed E-state index contributed by atoms with van der Waals surface area (Å²) in [7, 11) is 0. The molecule has 1 aromatic carbocycles. The van der Waals surface area contributed by atoms with Crippen molar-refractivity contribution in [3.63, 3.8) is 0 Å². The number of nitrogens with one attached hydrogen (secondary N) is 1. The minimum atomic E-state index is -4.50. The summed E-state index contributed by atoms with van der Waals surface area (Å²) < 4.78 is 38.3. The Balaban J connectivity index is 2.25. The second-order valence-electron chi connectivity index (χ2n) is 4.94. The van der Waals surface area contributed by atoms with Crippen LogP contribution in [0.3, 0.4) is 0 Å². The Hall–Kier alpha value is -1.08. The number of alkyl halides is 3. The monoisotopic (exact) mass is 351 g/mol. The van der Waals surface area contributed by atoms with Gasteiger partial charge in [-0.1, -0.05) is 0 Å². The molecule has 0 unspecified atom stereocenters. The largest absolute Gasteiger partial charge is 0.416 e. The molecule has 110 valence electrons. The molecule has 2 N–H and O–H groups in total. The quantitative estimate of drug-likeness (QED) is 0.878. The van der Waals surface area contributed by atoms with Crippen LogP contribution in [-0.2, 0) is 6.18 Å². The summed E-state index contributed by atoms with van der Waals surface area (Å²) >= 11 is 3.08. The summed E-state index contributed by atoms with van der Waals surface area (Å²) in [4.78, 5) is 12.1. The topological polar surface area (TPSA) is 49.3 Å². The lowest BCUT2D eigenvalue weighted by atomic mass is 9.77. The second-order valence-corrected chi connectivity index (χ2v) is 5.79. The summed E-state index contributed by atoms with van der Waals surface area (Å²) in [5, 5.41) is 11.9. The van der Waals surface area contributed by atoms with Gasteiger partial charge >= 0.3 is 6.18 Å². The van der Waals surface area contributed by atoms with Crippen LogP contribution in [0.5, 0.6) is 0 Å². The SMILES string of the molecule is O=C(NC1(CO)CCC1)c1cc(C(F)(F)F)ccc1Br. The number of benzene rings is 1. The van der Waals surface area contributed by atoms with E-state index >= 15 is 0 Å². The van der Waals surface area contributed by atoms with Gasteiger partial charge in [0.2, 0.25) is 0 Å². The zero-order valence-corrected chi connectivity index (χ0v) is 12.0. The molecule has 0 spiro atoms. The molecule has 1 aliphatic carbocycles. The molecule has 0 radical (unpaired) electrons. The Bertz CT molecular complexity index is 521. The van der Waals surface area contributed by atoms with Crippen LogP contribution in [0.15, 0.2) is 22.7 Å². The first-order valence-electron chi connectivity index (χ1n) is 6.07. The molecule has 1 amide bonds. The molecule has 1 saturated carbocycles. The first-order chi connectivity index (χ1) is 9.27. The molecule has 1 aromatic rings. The smallest absolute Gasteiger partial charge is 0.394 e.